The van der Waals surface area contributed by atoms with E-state index in [1.54, 1.807) is 0 Å². The molecule has 0 atom stereocenters. The first kappa shape index (κ1) is 20.1. The normalized spacial score (nSPS) is 9.64. The maximum Gasteiger partial charge on any atom is 0.186 e. The van der Waals surface area contributed by atoms with Crippen LogP contribution in [0.5, 0.6) is 0 Å². The molecule has 0 fully saturated rings. The Morgan fingerprint density at radius 1 is 1.21 bits per heavy atom. The highest BCUT2D eigenvalue weighted by molar-refractivity contribution is 14.0. The van der Waals surface area contributed by atoms with Gasteiger partial charge >= 0.3 is 0 Å². The third kappa shape index (κ3) is 9.25. The van der Waals surface area contributed by atoms with Gasteiger partial charge in [-0.25, -0.2) is 4.99 Å². The molecule has 0 aliphatic heterocycles. The molecule has 0 saturated carbocycles. The fraction of sp³-hybridized carbons (Fsp3) is 0.875. The summed E-state index contributed by atoms with van der Waals surface area (Å²) in [5, 5.41) is 0. The Kier molecular flexibility index (Phi) is 14.7. The molecule has 0 aliphatic rings. The lowest BCUT2D eigenvalue weighted by Crippen LogP contribution is -3.00. The summed E-state index contributed by atoms with van der Waals surface area (Å²) < 4.78 is 1.02. The van der Waals surface area contributed by atoms with E-state index in [4.69, 9.17) is 11.5 Å². The number of aliphatic imine (C=N–C) groups is 1. The molecule has 6 heteroatoms. The molecule has 0 aromatic heterocycles. The number of quaternary nitrogens is 1. The first-order valence-electron chi connectivity index (χ1n) is 4.43. The van der Waals surface area contributed by atoms with Crippen LogP contribution in [-0.2, 0) is 0 Å². The second kappa shape index (κ2) is 10.2. The van der Waals surface area contributed by atoms with Crippen molar-refractivity contribution in [3.8, 4) is 0 Å². The zero-order valence-corrected chi connectivity index (χ0v) is 13.7. The van der Waals surface area contributed by atoms with Gasteiger partial charge in [0.05, 0.1) is 33.2 Å². The molecule has 0 amide bonds. The van der Waals surface area contributed by atoms with Crippen molar-refractivity contribution in [1.29, 1.82) is 0 Å². The van der Waals surface area contributed by atoms with Gasteiger partial charge in [0.2, 0.25) is 0 Å². The number of likely N-dealkylation sites (N-methyl/N-ethyl adjacent to an activating group) is 1. The average molecular weight is 428 g/mol. The largest absolute Gasteiger partial charge is 1.00 e. The van der Waals surface area contributed by atoms with Gasteiger partial charge in [0.1, 0.15) is 0 Å². The summed E-state index contributed by atoms with van der Waals surface area (Å²) in [4.78, 5) is 3.96. The summed E-state index contributed by atoms with van der Waals surface area (Å²) in [6, 6.07) is 0. The number of nitrogens with zero attached hydrogens (tertiary/aromatic N) is 2. The van der Waals surface area contributed by atoms with E-state index in [-0.39, 0.29) is 53.9 Å². The minimum absolute atomic E-state index is 0. The molecule has 0 radical (unpaired) electrons. The van der Waals surface area contributed by atoms with Crippen LogP contribution in [0.25, 0.3) is 0 Å². The second-order valence-corrected chi connectivity index (χ2v) is 3.28. The predicted molar refractivity (Wildman–Crippen MR) is 68.2 cm³/mol. The molecule has 4 nitrogen and oxygen atoms in total. The highest BCUT2D eigenvalue weighted by atomic mass is 127. The number of halogens is 2. The Balaban J connectivity index is -0.000000605. The van der Waals surface area contributed by atoms with Gasteiger partial charge in [-0.2, -0.15) is 0 Å². The molecule has 0 aliphatic carbocycles. The number of hydrogen-bond acceptors (Lipinski definition) is 1. The summed E-state index contributed by atoms with van der Waals surface area (Å²) >= 11 is 0. The second-order valence-electron chi connectivity index (χ2n) is 3.28. The average Bonchev–Trinajstić information content (AvgIpc) is 2.03. The Morgan fingerprint density at radius 3 is 1.93 bits per heavy atom. The van der Waals surface area contributed by atoms with Gasteiger partial charge in [-0.15, -0.1) is 24.0 Å². The van der Waals surface area contributed by atoms with Crippen LogP contribution in [0.1, 0.15) is 13.8 Å². The maximum atomic E-state index is 5.23. The van der Waals surface area contributed by atoms with Crippen molar-refractivity contribution in [3.63, 3.8) is 0 Å². The van der Waals surface area contributed by atoms with Crippen molar-refractivity contribution in [3.05, 3.63) is 0 Å². The lowest BCUT2D eigenvalue weighted by Gasteiger charge is -2.31. The zero-order valence-electron chi connectivity index (χ0n) is 9.16. The SMILES string of the molecule is CC[N+](C)(CC)CCN=C(N)N.I.[I-]. The molecule has 0 unspecified atom stereocenters. The third-order valence-electron chi connectivity index (χ3n) is 2.46. The third-order valence-corrected chi connectivity index (χ3v) is 2.46. The fourth-order valence-electron chi connectivity index (χ4n) is 0.960. The fourth-order valence-corrected chi connectivity index (χ4v) is 0.960. The summed E-state index contributed by atoms with van der Waals surface area (Å²) in [6.45, 7) is 8.33. The van der Waals surface area contributed by atoms with E-state index in [2.05, 4.69) is 25.9 Å². The Labute approximate surface area is 121 Å². The molecular weight excluding hydrogens is 406 g/mol. The molecular formula is C8H22I2N4. The van der Waals surface area contributed by atoms with Crippen molar-refractivity contribution in [2.45, 2.75) is 13.8 Å². The Bertz CT molecular complexity index is 153. The van der Waals surface area contributed by atoms with Crippen LogP contribution in [0.4, 0.5) is 0 Å². The zero-order chi connectivity index (χ0) is 9.61. The van der Waals surface area contributed by atoms with Crippen LogP contribution in [0, 0.1) is 0 Å². The molecule has 0 bridgehead atoms. The van der Waals surface area contributed by atoms with Crippen LogP contribution >= 0.6 is 24.0 Å². The summed E-state index contributed by atoms with van der Waals surface area (Å²) in [5.41, 5.74) is 10.5. The highest BCUT2D eigenvalue weighted by Gasteiger charge is 2.14. The van der Waals surface area contributed by atoms with Crippen LogP contribution < -0.4 is 35.4 Å². The van der Waals surface area contributed by atoms with Gasteiger partial charge in [-0.3, -0.25) is 0 Å². The van der Waals surface area contributed by atoms with Gasteiger partial charge in [0.15, 0.2) is 5.96 Å². The Hall–Kier alpha value is 0.690. The van der Waals surface area contributed by atoms with Crippen molar-refractivity contribution >= 4 is 29.9 Å². The van der Waals surface area contributed by atoms with E-state index in [9.17, 15) is 0 Å². The molecule has 0 spiro atoms. The molecule has 0 saturated heterocycles. The van der Waals surface area contributed by atoms with E-state index >= 15 is 0 Å². The summed E-state index contributed by atoms with van der Waals surface area (Å²) in [6.07, 6.45) is 0. The quantitative estimate of drug-likeness (QED) is 0.218. The molecule has 4 N–H and O–H groups in total. The van der Waals surface area contributed by atoms with Gasteiger partial charge in [0.25, 0.3) is 0 Å². The van der Waals surface area contributed by atoms with E-state index < -0.39 is 0 Å². The van der Waals surface area contributed by atoms with Crippen molar-refractivity contribution in [2.24, 2.45) is 16.5 Å². The minimum atomic E-state index is 0. The summed E-state index contributed by atoms with van der Waals surface area (Å²) in [5.74, 6) is 0.189. The minimum Gasteiger partial charge on any atom is -1.00 e. The maximum absolute atomic E-state index is 5.23. The van der Waals surface area contributed by atoms with E-state index in [1.165, 1.54) is 0 Å². The van der Waals surface area contributed by atoms with E-state index in [0.717, 1.165) is 30.7 Å². The van der Waals surface area contributed by atoms with Crippen LogP contribution in [0.3, 0.4) is 0 Å². The van der Waals surface area contributed by atoms with Gasteiger partial charge in [-0.05, 0) is 13.8 Å². The lowest BCUT2D eigenvalue weighted by atomic mass is 10.4. The summed E-state index contributed by atoms with van der Waals surface area (Å²) in [7, 11) is 2.21. The molecule has 14 heavy (non-hydrogen) atoms. The van der Waals surface area contributed by atoms with Gasteiger partial charge in [-0.1, -0.05) is 0 Å². The molecule has 0 aromatic rings. The highest BCUT2D eigenvalue weighted by Crippen LogP contribution is 1.99. The van der Waals surface area contributed by atoms with Gasteiger partial charge in [0, 0.05) is 0 Å². The Morgan fingerprint density at radius 2 is 1.64 bits per heavy atom. The monoisotopic (exact) mass is 428 g/mol. The van der Waals surface area contributed by atoms with Crippen molar-refractivity contribution in [2.75, 3.05) is 33.2 Å². The number of hydrogen-bond donors (Lipinski definition) is 2. The number of rotatable bonds is 5. The standard InChI is InChI=1S/C8H21N4.2HI/c1-4-12(3,5-2)7-6-11-8(9)10;;/h4-7H2,1-3H3,(H4,9,10,11);2*1H/q+1;;/p-1. The lowest BCUT2D eigenvalue weighted by molar-refractivity contribution is -0.904. The first-order valence-corrected chi connectivity index (χ1v) is 4.43. The van der Waals surface area contributed by atoms with Crippen LogP contribution in [-0.4, -0.2) is 43.7 Å². The predicted octanol–water partition coefficient (Wildman–Crippen LogP) is -2.63. The van der Waals surface area contributed by atoms with Gasteiger partial charge < -0.3 is 39.9 Å². The number of guanidine groups is 1. The van der Waals surface area contributed by atoms with E-state index in [0.29, 0.717) is 0 Å². The van der Waals surface area contributed by atoms with E-state index in [1.807, 2.05) is 0 Å². The molecule has 88 valence electrons. The molecule has 0 heterocycles. The first-order chi connectivity index (χ1) is 5.54. The van der Waals surface area contributed by atoms with Crippen molar-refractivity contribution in [1.82, 2.24) is 0 Å². The van der Waals surface area contributed by atoms with Crippen molar-refractivity contribution < 1.29 is 28.5 Å². The smallest absolute Gasteiger partial charge is 0.186 e. The topological polar surface area (TPSA) is 64.4 Å². The number of nitrogens with two attached hydrogens (primary N) is 2. The molecule has 0 rings (SSSR count). The molecule has 0 aromatic carbocycles. The van der Waals surface area contributed by atoms with Crippen LogP contribution in [0.15, 0.2) is 4.99 Å². The van der Waals surface area contributed by atoms with Crippen LogP contribution in [0.2, 0.25) is 0 Å².